The van der Waals surface area contributed by atoms with Crippen LogP contribution in [0.3, 0.4) is 0 Å². The van der Waals surface area contributed by atoms with E-state index in [-0.39, 0.29) is 22.0 Å². The van der Waals surface area contributed by atoms with Gasteiger partial charge in [-0.15, -0.1) is 11.8 Å². The maximum Gasteiger partial charge on any atom is 0.353 e. The monoisotopic (exact) mass is 288 g/mol. The smallest absolute Gasteiger partial charge is 0.353 e. The number of halogens is 1. The van der Waals surface area contributed by atoms with Gasteiger partial charge in [0.1, 0.15) is 11.1 Å². The summed E-state index contributed by atoms with van der Waals surface area (Å²) in [7, 11) is 0. The highest BCUT2D eigenvalue weighted by Crippen LogP contribution is 2.48. The molecule has 0 aromatic rings. The van der Waals surface area contributed by atoms with Crippen molar-refractivity contribution in [3.8, 4) is 0 Å². The SMILES string of the molecule is CC(C)=N[C@]1(C)C(=O)N2C(C(=O)O)=C(Cl)CS[C@H]21. The van der Waals surface area contributed by atoms with Crippen LogP contribution in [-0.2, 0) is 9.59 Å². The summed E-state index contributed by atoms with van der Waals surface area (Å²) in [6.45, 7) is 5.36. The molecule has 2 atom stereocenters. The van der Waals surface area contributed by atoms with E-state index >= 15 is 0 Å². The van der Waals surface area contributed by atoms with Crippen LogP contribution in [0.2, 0.25) is 0 Å². The Labute approximate surface area is 114 Å². The number of aliphatic carboxylic acids is 1. The lowest BCUT2D eigenvalue weighted by atomic mass is 9.89. The third-order valence-electron chi connectivity index (χ3n) is 2.89. The predicted molar refractivity (Wildman–Crippen MR) is 70.8 cm³/mol. The molecule has 18 heavy (non-hydrogen) atoms. The number of nitrogens with zero attached hydrogens (tertiary/aromatic N) is 2. The standard InChI is InChI=1S/C11H13ClN2O3S/c1-5(2)13-11(3)9(17)14-7(8(15)16)6(12)4-18-10(11)14/h10H,4H2,1-3H3,(H,15,16)/t10-,11+/m0/s1. The fourth-order valence-corrected chi connectivity index (χ4v) is 3.86. The molecule has 2 aliphatic rings. The predicted octanol–water partition coefficient (Wildman–Crippen LogP) is 1.68. The number of rotatable bonds is 2. The Bertz CT molecular complexity index is 499. The zero-order valence-corrected chi connectivity index (χ0v) is 11.8. The summed E-state index contributed by atoms with van der Waals surface area (Å²) in [6.07, 6.45) is 0. The summed E-state index contributed by atoms with van der Waals surface area (Å²) < 4.78 is 0. The Kier molecular flexibility index (Phi) is 3.19. The second kappa shape index (κ2) is 4.28. The molecular formula is C11H13ClN2O3S. The molecule has 0 spiro atoms. The van der Waals surface area contributed by atoms with Crippen molar-refractivity contribution in [3.63, 3.8) is 0 Å². The van der Waals surface area contributed by atoms with Crippen molar-refractivity contribution in [1.82, 2.24) is 4.90 Å². The van der Waals surface area contributed by atoms with E-state index < -0.39 is 11.5 Å². The van der Waals surface area contributed by atoms with Gasteiger partial charge in [-0.05, 0) is 20.8 Å². The van der Waals surface area contributed by atoms with Crippen LogP contribution in [-0.4, -0.2) is 44.3 Å². The van der Waals surface area contributed by atoms with Gasteiger partial charge >= 0.3 is 5.97 Å². The Balaban J connectivity index is 2.40. The summed E-state index contributed by atoms with van der Waals surface area (Å²) in [6, 6.07) is 0. The third kappa shape index (κ3) is 1.75. The van der Waals surface area contributed by atoms with Crippen LogP contribution in [0.25, 0.3) is 0 Å². The van der Waals surface area contributed by atoms with Crippen molar-refractivity contribution in [1.29, 1.82) is 0 Å². The van der Waals surface area contributed by atoms with Gasteiger partial charge in [0.15, 0.2) is 5.54 Å². The summed E-state index contributed by atoms with van der Waals surface area (Å²) >= 11 is 7.32. The molecule has 0 aromatic heterocycles. The Morgan fingerprint density at radius 2 is 2.22 bits per heavy atom. The van der Waals surface area contributed by atoms with Gasteiger partial charge in [0.05, 0.1) is 5.03 Å². The molecule has 0 radical (unpaired) electrons. The Hall–Kier alpha value is -1.01. The van der Waals surface area contributed by atoms with Crippen LogP contribution in [0, 0.1) is 0 Å². The average Bonchev–Trinajstić information content (AvgIpc) is 2.26. The molecule has 5 nitrogen and oxygen atoms in total. The lowest BCUT2D eigenvalue weighted by Gasteiger charge is -2.53. The van der Waals surface area contributed by atoms with Gasteiger partial charge in [0.25, 0.3) is 5.91 Å². The van der Waals surface area contributed by atoms with Crippen LogP contribution in [0.4, 0.5) is 0 Å². The van der Waals surface area contributed by atoms with E-state index in [9.17, 15) is 9.59 Å². The van der Waals surface area contributed by atoms with E-state index in [0.29, 0.717) is 5.75 Å². The zero-order valence-electron chi connectivity index (χ0n) is 10.2. The van der Waals surface area contributed by atoms with E-state index in [1.54, 1.807) is 6.92 Å². The molecular weight excluding hydrogens is 276 g/mol. The number of hydrogen-bond acceptors (Lipinski definition) is 4. The highest BCUT2D eigenvalue weighted by Gasteiger charge is 2.62. The van der Waals surface area contributed by atoms with Gasteiger partial charge in [-0.2, -0.15) is 0 Å². The van der Waals surface area contributed by atoms with Crippen LogP contribution < -0.4 is 0 Å². The first-order valence-corrected chi connectivity index (χ1v) is 6.82. The van der Waals surface area contributed by atoms with Crippen LogP contribution >= 0.6 is 23.4 Å². The van der Waals surface area contributed by atoms with Crippen molar-refractivity contribution in [3.05, 3.63) is 10.7 Å². The summed E-state index contributed by atoms with van der Waals surface area (Å²) in [4.78, 5) is 28.9. The second-order valence-electron chi connectivity index (χ2n) is 4.60. The molecule has 1 amide bonds. The number of carbonyl (C=O) groups excluding carboxylic acids is 1. The molecule has 2 aliphatic heterocycles. The number of carboxylic acids is 1. The highest BCUT2D eigenvalue weighted by atomic mass is 35.5. The first-order valence-electron chi connectivity index (χ1n) is 5.39. The number of carbonyl (C=O) groups is 2. The van der Waals surface area contributed by atoms with Crippen molar-refractivity contribution in [2.45, 2.75) is 31.7 Å². The summed E-state index contributed by atoms with van der Waals surface area (Å²) in [5, 5.41) is 9.04. The minimum absolute atomic E-state index is 0.105. The third-order valence-corrected chi connectivity index (χ3v) is 4.80. The van der Waals surface area contributed by atoms with E-state index in [1.807, 2.05) is 13.8 Å². The van der Waals surface area contributed by atoms with E-state index in [4.69, 9.17) is 16.7 Å². The number of thioether (sulfide) groups is 1. The number of hydrogen-bond donors (Lipinski definition) is 1. The fraction of sp³-hybridized carbons (Fsp3) is 0.545. The molecule has 2 heterocycles. The molecule has 1 fully saturated rings. The highest BCUT2D eigenvalue weighted by molar-refractivity contribution is 8.00. The van der Waals surface area contributed by atoms with Gasteiger partial charge in [0.2, 0.25) is 0 Å². The Morgan fingerprint density at radius 3 is 2.72 bits per heavy atom. The number of fused-ring (bicyclic) bond motifs is 1. The lowest BCUT2D eigenvalue weighted by Crippen LogP contribution is -2.71. The van der Waals surface area contributed by atoms with Crippen molar-refractivity contribution >= 4 is 41.0 Å². The first-order chi connectivity index (χ1) is 8.29. The minimum Gasteiger partial charge on any atom is -0.477 e. The summed E-state index contributed by atoms with van der Waals surface area (Å²) in [5.74, 6) is -1.08. The average molecular weight is 289 g/mol. The molecule has 1 saturated heterocycles. The zero-order chi connectivity index (χ0) is 13.7. The molecule has 7 heteroatoms. The number of aliphatic imine (C=N–C) groups is 1. The molecule has 0 aliphatic carbocycles. The fourth-order valence-electron chi connectivity index (χ4n) is 2.23. The van der Waals surface area contributed by atoms with Gasteiger partial charge in [-0.25, -0.2) is 4.79 Å². The van der Waals surface area contributed by atoms with E-state index in [0.717, 1.165) is 5.71 Å². The topological polar surface area (TPSA) is 70.0 Å². The van der Waals surface area contributed by atoms with Gasteiger partial charge < -0.3 is 5.11 Å². The van der Waals surface area contributed by atoms with Crippen LogP contribution in [0.1, 0.15) is 20.8 Å². The van der Waals surface area contributed by atoms with Crippen LogP contribution in [0.5, 0.6) is 0 Å². The van der Waals surface area contributed by atoms with Gasteiger partial charge in [0, 0.05) is 11.5 Å². The van der Waals surface area contributed by atoms with E-state index in [1.165, 1.54) is 16.7 Å². The van der Waals surface area contributed by atoms with Crippen LogP contribution in [0.15, 0.2) is 15.7 Å². The molecule has 2 rings (SSSR count). The maximum atomic E-state index is 12.2. The van der Waals surface area contributed by atoms with E-state index in [2.05, 4.69) is 4.99 Å². The second-order valence-corrected chi connectivity index (χ2v) is 6.13. The molecule has 0 unspecified atom stereocenters. The molecule has 0 bridgehead atoms. The number of amides is 1. The number of carboxylic acid groups (broad SMARTS) is 1. The number of β-lactam (4-membered cyclic amide) rings is 1. The lowest BCUT2D eigenvalue weighted by molar-refractivity contribution is -0.153. The molecule has 0 saturated carbocycles. The molecule has 0 aromatic carbocycles. The van der Waals surface area contributed by atoms with Crippen molar-refractivity contribution in [2.75, 3.05) is 5.75 Å². The quantitative estimate of drug-likeness (QED) is 0.620. The summed E-state index contributed by atoms with van der Waals surface area (Å²) in [5.41, 5.74) is -0.183. The minimum atomic E-state index is -1.17. The normalized spacial score (nSPS) is 30.8. The van der Waals surface area contributed by atoms with Gasteiger partial charge in [-0.1, -0.05) is 11.6 Å². The first kappa shape index (κ1) is 13.4. The molecule has 1 N–H and O–H groups in total. The van der Waals surface area contributed by atoms with Gasteiger partial charge in [-0.3, -0.25) is 14.7 Å². The van der Waals surface area contributed by atoms with Crippen molar-refractivity contribution in [2.24, 2.45) is 4.99 Å². The van der Waals surface area contributed by atoms with Crippen molar-refractivity contribution < 1.29 is 14.7 Å². The molecule has 98 valence electrons. The Morgan fingerprint density at radius 1 is 1.61 bits per heavy atom. The largest absolute Gasteiger partial charge is 0.477 e. The maximum absolute atomic E-state index is 12.2.